The minimum atomic E-state index is -1.06. The van der Waals surface area contributed by atoms with Gasteiger partial charge in [0.05, 0.1) is 5.41 Å². The zero-order valence-corrected chi connectivity index (χ0v) is 18.1. The SMILES string of the molecule is CCN1C(=O)C[C@@](CC(=O)N2CC3C[C@@H]4CC2C[C@H](C3)C4)(c2ccccc2C)C1=O. The fraction of sp³-hybridized carbons (Fsp3) is 0.640. The van der Waals surface area contributed by atoms with Crippen LogP contribution in [-0.2, 0) is 19.8 Å². The smallest absolute Gasteiger partial charge is 0.240 e. The van der Waals surface area contributed by atoms with E-state index in [4.69, 9.17) is 0 Å². The van der Waals surface area contributed by atoms with E-state index in [0.717, 1.165) is 42.3 Å². The van der Waals surface area contributed by atoms with Gasteiger partial charge in [0, 0.05) is 32.0 Å². The lowest BCUT2D eigenvalue weighted by Gasteiger charge is -2.39. The van der Waals surface area contributed by atoms with Crippen LogP contribution in [0.4, 0.5) is 0 Å². The molecule has 0 aromatic heterocycles. The van der Waals surface area contributed by atoms with Gasteiger partial charge >= 0.3 is 0 Å². The number of amides is 3. The lowest BCUT2D eigenvalue weighted by molar-refractivity contribution is -0.143. The summed E-state index contributed by atoms with van der Waals surface area (Å²) in [5.74, 6) is 1.85. The average Bonchev–Trinajstić information content (AvgIpc) is 2.80. The summed E-state index contributed by atoms with van der Waals surface area (Å²) < 4.78 is 0. The highest BCUT2D eigenvalue weighted by molar-refractivity contribution is 6.10. The summed E-state index contributed by atoms with van der Waals surface area (Å²) in [6.45, 7) is 4.99. The molecule has 30 heavy (non-hydrogen) atoms. The molecule has 3 aliphatic heterocycles. The van der Waals surface area contributed by atoms with Crippen LogP contribution in [0.25, 0.3) is 0 Å². The van der Waals surface area contributed by atoms with Crippen molar-refractivity contribution in [3.8, 4) is 0 Å². The first-order valence-electron chi connectivity index (χ1n) is 11.6. The van der Waals surface area contributed by atoms with Gasteiger partial charge in [-0.3, -0.25) is 19.3 Å². The molecule has 4 bridgehead atoms. The molecule has 1 aromatic carbocycles. The maximum absolute atomic E-state index is 13.8. The van der Waals surface area contributed by atoms with E-state index >= 15 is 0 Å². The molecule has 2 saturated carbocycles. The highest BCUT2D eigenvalue weighted by atomic mass is 16.2. The Morgan fingerprint density at radius 3 is 2.33 bits per heavy atom. The number of hydrogen-bond acceptors (Lipinski definition) is 3. The summed E-state index contributed by atoms with van der Waals surface area (Å²) in [6, 6.07) is 8.07. The Labute approximate surface area is 178 Å². The van der Waals surface area contributed by atoms with Gasteiger partial charge in [0.15, 0.2) is 0 Å². The minimum absolute atomic E-state index is 0.0653. The number of imide groups is 1. The van der Waals surface area contributed by atoms with Crippen molar-refractivity contribution in [3.63, 3.8) is 0 Å². The Morgan fingerprint density at radius 1 is 1.03 bits per heavy atom. The minimum Gasteiger partial charge on any atom is -0.339 e. The van der Waals surface area contributed by atoms with E-state index in [0.29, 0.717) is 18.5 Å². The number of hydrogen-bond donors (Lipinski definition) is 0. The van der Waals surface area contributed by atoms with Crippen LogP contribution in [0.3, 0.4) is 0 Å². The normalized spacial score (nSPS) is 35.3. The van der Waals surface area contributed by atoms with Gasteiger partial charge in [-0.1, -0.05) is 24.3 Å². The van der Waals surface area contributed by atoms with E-state index in [-0.39, 0.29) is 30.6 Å². The molecule has 5 heteroatoms. The molecule has 3 amide bonds. The maximum Gasteiger partial charge on any atom is 0.240 e. The van der Waals surface area contributed by atoms with Gasteiger partial charge in [0.2, 0.25) is 17.7 Å². The molecule has 0 radical (unpaired) electrons. The number of carbonyl (C=O) groups is 3. The van der Waals surface area contributed by atoms with E-state index in [1.807, 2.05) is 38.1 Å². The number of fused-ring (bicyclic) bond motifs is 1. The summed E-state index contributed by atoms with van der Waals surface area (Å²) in [4.78, 5) is 43.5. The van der Waals surface area contributed by atoms with Crippen molar-refractivity contribution in [1.29, 1.82) is 0 Å². The number of aryl methyl sites for hydroxylation is 1. The first-order chi connectivity index (χ1) is 14.4. The Hall–Kier alpha value is -2.17. The van der Waals surface area contributed by atoms with E-state index < -0.39 is 5.41 Å². The maximum atomic E-state index is 13.8. The quantitative estimate of drug-likeness (QED) is 0.717. The third kappa shape index (κ3) is 3.00. The van der Waals surface area contributed by atoms with Crippen molar-refractivity contribution in [1.82, 2.24) is 9.80 Å². The fourth-order valence-electron chi connectivity index (χ4n) is 7.12. The summed E-state index contributed by atoms with van der Waals surface area (Å²) in [6.07, 6.45) is 6.27. The second kappa shape index (κ2) is 7.21. The van der Waals surface area contributed by atoms with Gasteiger partial charge in [0.25, 0.3) is 0 Å². The fourth-order valence-corrected chi connectivity index (χ4v) is 7.12. The first kappa shape index (κ1) is 19.8. The highest BCUT2D eigenvalue weighted by Gasteiger charge is 2.55. The molecule has 160 valence electrons. The predicted octanol–water partition coefficient (Wildman–Crippen LogP) is 3.44. The van der Waals surface area contributed by atoms with Gasteiger partial charge in [-0.05, 0) is 74.8 Å². The Kier molecular flexibility index (Phi) is 4.75. The largest absolute Gasteiger partial charge is 0.339 e. The molecule has 6 rings (SSSR count). The third-order valence-corrected chi connectivity index (χ3v) is 8.27. The molecule has 0 N–H and O–H groups in total. The van der Waals surface area contributed by atoms with E-state index in [9.17, 15) is 14.4 Å². The van der Waals surface area contributed by atoms with Gasteiger partial charge < -0.3 is 4.90 Å². The number of rotatable bonds is 4. The molecule has 3 heterocycles. The second-order valence-corrected chi connectivity index (χ2v) is 10.2. The molecule has 0 spiro atoms. The summed E-state index contributed by atoms with van der Waals surface area (Å²) in [7, 11) is 0. The molecular formula is C25H32N2O3. The van der Waals surface area contributed by atoms with Crippen LogP contribution in [0.2, 0.25) is 0 Å². The Balaban J connectivity index is 1.49. The number of carbonyl (C=O) groups excluding carboxylic acids is 3. The lowest BCUT2D eigenvalue weighted by atomic mass is 9.68. The van der Waals surface area contributed by atoms with Crippen molar-refractivity contribution in [2.75, 3.05) is 13.1 Å². The van der Waals surface area contributed by atoms with Crippen LogP contribution < -0.4 is 0 Å². The molecule has 5 aliphatic rings. The molecule has 2 unspecified atom stereocenters. The van der Waals surface area contributed by atoms with Gasteiger partial charge in [0.1, 0.15) is 0 Å². The van der Waals surface area contributed by atoms with Crippen LogP contribution in [0, 0.1) is 24.7 Å². The third-order valence-electron chi connectivity index (χ3n) is 8.27. The summed E-state index contributed by atoms with van der Waals surface area (Å²) >= 11 is 0. The van der Waals surface area contributed by atoms with E-state index in [2.05, 4.69) is 4.90 Å². The van der Waals surface area contributed by atoms with Crippen molar-refractivity contribution in [2.24, 2.45) is 17.8 Å². The van der Waals surface area contributed by atoms with Crippen molar-refractivity contribution in [2.45, 2.75) is 70.3 Å². The summed E-state index contributed by atoms with van der Waals surface area (Å²) in [5.41, 5.74) is 0.757. The molecule has 3 saturated heterocycles. The Morgan fingerprint density at radius 2 is 1.70 bits per heavy atom. The van der Waals surface area contributed by atoms with Crippen LogP contribution in [0.15, 0.2) is 24.3 Å². The topological polar surface area (TPSA) is 57.7 Å². The predicted molar refractivity (Wildman–Crippen MR) is 114 cm³/mol. The summed E-state index contributed by atoms with van der Waals surface area (Å²) in [5, 5.41) is 0. The number of likely N-dealkylation sites (N-methyl/N-ethyl adjacent to an activating group) is 1. The zero-order valence-electron chi connectivity index (χ0n) is 18.1. The van der Waals surface area contributed by atoms with Crippen molar-refractivity contribution in [3.05, 3.63) is 35.4 Å². The molecule has 2 aliphatic carbocycles. The molecular weight excluding hydrogens is 376 g/mol. The van der Waals surface area contributed by atoms with Crippen LogP contribution in [-0.4, -0.2) is 46.7 Å². The van der Waals surface area contributed by atoms with Gasteiger partial charge in [-0.25, -0.2) is 0 Å². The molecule has 5 nitrogen and oxygen atoms in total. The van der Waals surface area contributed by atoms with Gasteiger partial charge in [-0.15, -0.1) is 0 Å². The van der Waals surface area contributed by atoms with Crippen LogP contribution in [0.5, 0.6) is 0 Å². The Bertz CT molecular complexity index is 882. The monoisotopic (exact) mass is 408 g/mol. The second-order valence-electron chi connectivity index (χ2n) is 10.2. The number of benzene rings is 1. The van der Waals surface area contributed by atoms with Crippen LogP contribution in [0.1, 0.15) is 63.0 Å². The average molecular weight is 409 g/mol. The lowest BCUT2D eigenvalue weighted by Crippen LogP contribution is -2.47. The zero-order chi connectivity index (χ0) is 21.0. The molecule has 5 atom stereocenters. The standard InChI is InChI=1S/C25H32N2O3/c1-3-26-22(28)13-25(24(26)30,21-7-5-4-6-16(21)2)14-23(29)27-15-19-9-17-8-18(10-19)12-20(27)11-17/h4-7,17-20H,3,8-15H2,1-2H3/t17-,18+,19?,20?,25-/m1/s1. The molecule has 1 aromatic rings. The van der Waals surface area contributed by atoms with E-state index in [1.54, 1.807) is 0 Å². The van der Waals surface area contributed by atoms with Crippen molar-refractivity contribution >= 4 is 17.7 Å². The van der Waals surface area contributed by atoms with Crippen LogP contribution >= 0.6 is 0 Å². The number of likely N-dealkylation sites (tertiary alicyclic amines) is 1. The number of nitrogens with zero attached hydrogens (tertiary/aromatic N) is 2. The van der Waals surface area contributed by atoms with E-state index in [1.165, 1.54) is 24.2 Å². The first-order valence-corrected chi connectivity index (χ1v) is 11.6. The van der Waals surface area contributed by atoms with Gasteiger partial charge in [-0.2, -0.15) is 0 Å². The van der Waals surface area contributed by atoms with Crippen molar-refractivity contribution < 1.29 is 14.4 Å². The highest BCUT2D eigenvalue weighted by Crippen LogP contribution is 2.48. The molecule has 5 fully saturated rings.